The van der Waals surface area contributed by atoms with Crippen molar-refractivity contribution in [2.75, 3.05) is 11.9 Å². The van der Waals surface area contributed by atoms with E-state index in [2.05, 4.69) is 37.2 Å². The molecule has 0 saturated heterocycles. The Balaban J connectivity index is 2.73. The zero-order valence-corrected chi connectivity index (χ0v) is 14.6. The molecule has 1 aromatic carbocycles. The predicted octanol–water partition coefficient (Wildman–Crippen LogP) is 4.66. The second-order valence-corrected chi connectivity index (χ2v) is 7.09. The third-order valence-corrected chi connectivity index (χ3v) is 3.97. The van der Waals surface area contributed by atoms with E-state index in [4.69, 9.17) is 0 Å². The fourth-order valence-electron chi connectivity index (χ4n) is 1.80. The first kappa shape index (κ1) is 17.6. The van der Waals surface area contributed by atoms with E-state index in [9.17, 15) is 13.6 Å². The summed E-state index contributed by atoms with van der Waals surface area (Å²) in [5, 5.41) is 3.49. The molecule has 20 heavy (non-hydrogen) atoms. The minimum Gasteiger partial charge on any atom is -0.351 e. The van der Waals surface area contributed by atoms with Crippen molar-refractivity contribution in [2.45, 2.75) is 26.7 Å². The van der Waals surface area contributed by atoms with E-state index < -0.39 is 23.1 Å². The van der Waals surface area contributed by atoms with Gasteiger partial charge in [0.15, 0.2) is 0 Å². The normalized spacial score (nSPS) is 11.5. The van der Waals surface area contributed by atoms with Crippen molar-refractivity contribution in [2.24, 2.45) is 5.41 Å². The molecule has 0 radical (unpaired) electrons. The molecule has 0 bridgehead atoms. The topological polar surface area (TPSA) is 29.1 Å². The summed E-state index contributed by atoms with van der Waals surface area (Å²) < 4.78 is 27.6. The molecule has 0 saturated carbocycles. The highest BCUT2D eigenvalue weighted by Gasteiger charge is 2.22. The molecule has 0 atom stereocenters. The summed E-state index contributed by atoms with van der Waals surface area (Å²) in [6, 6.07) is 2.15. The quantitative estimate of drug-likeness (QED) is 0.676. The zero-order valence-electron chi connectivity index (χ0n) is 11.4. The Kier molecular flexibility index (Phi) is 6.58. The number of hydrogen-bond donors (Lipinski definition) is 1. The predicted molar refractivity (Wildman–Crippen MR) is 83.2 cm³/mol. The Bertz CT molecular complexity index is 469. The van der Waals surface area contributed by atoms with Gasteiger partial charge in [-0.1, -0.05) is 45.7 Å². The molecule has 1 amide bonds. The Morgan fingerprint density at radius 1 is 1.30 bits per heavy atom. The number of hydrogen-bond acceptors (Lipinski definition) is 1. The van der Waals surface area contributed by atoms with Gasteiger partial charge in [-0.15, -0.1) is 0 Å². The van der Waals surface area contributed by atoms with Crippen molar-refractivity contribution < 1.29 is 13.6 Å². The molecule has 1 aromatic rings. The number of carbonyl (C=O) groups is 1. The van der Waals surface area contributed by atoms with E-state index in [-0.39, 0.29) is 9.89 Å². The zero-order chi connectivity index (χ0) is 15.3. The van der Waals surface area contributed by atoms with Gasteiger partial charge in [-0.3, -0.25) is 4.79 Å². The number of alkyl halides is 1. The maximum absolute atomic E-state index is 13.6. The van der Waals surface area contributed by atoms with Crippen LogP contribution in [0.4, 0.5) is 8.78 Å². The fourth-order valence-corrected chi connectivity index (χ4v) is 2.48. The molecule has 0 spiro atoms. The summed E-state index contributed by atoms with van der Waals surface area (Å²) in [5.74, 6) is -2.46. The number of nitrogens with one attached hydrogen (secondary N) is 1. The van der Waals surface area contributed by atoms with Gasteiger partial charge in [0.05, 0.1) is 0 Å². The molecule has 0 fully saturated rings. The van der Waals surface area contributed by atoms with E-state index >= 15 is 0 Å². The Labute approximate surface area is 134 Å². The highest BCUT2D eigenvalue weighted by atomic mass is 79.9. The summed E-state index contributed by atoms with van der Waals surface area (Å²) in [5.41, 5.74) is -0.657. The number of amides is 1. The van der Waals surface area contributed by atoms with Gasteiger partial charge >= 0.3 is 0 Å². The van der Waals surface area contributed by atoms with E-state index in [0.29, 0.717) is 6.54 Å². The summed E-state index contributed by atoms with van der Waals surface area (Å²) in [6.45, 7) is 4.38. The highest BCUT2D eigenvalue weighted by Crippen LogP contribution is 2.23. The minimum absolute atomic E-state index is 0.119. The van der Waals surface area contributed by atoms with Crippen molar-refractivity contribution in [3.05, 3.63) is 33.8 Å². The van der Waals surface area contributed by atoms with Gasteiger partial charge in [-0.25, -0.2) is 8.78 Å². The van der Waals surface area contributed by atoms with E-state index in [1.54, 1.807) is 0 Å². The molecule has 0 unspecified atom stereocenters. The minimum atomic E-state index is -0.868. The SMILES string of the molecule is CC(C)(CCCBr)CNC(=O)c1c(F)cc(Br)cc1F. The average Bonchev–Trinajstić information content (AvgIpc) is 2.33. The lowest BCUT2D eigenvalue weighted by atomic mass is 9.88. The molecule has 0 aliphatic rings. The molecule has 0 aliphatic carbocycles. The maximum Gasteiger partial charge on any atom is 0.257 e. The molecule has 0 aliphatic heterocycles. The maximum atomic E-state index is 13.6. The Morgan fingerprint density at radius 2 is 1.85 bits per heavy atom. The van der Waals surface area contributed by atoms with Gasteiger partial charge in [0.1, 0.15) is 17.2 Å². The smallest absolute Gasteiger partial charge is 0.257 e. The van der Waals surface area contributed by atoms with Crippen molar-refractivity contribution in [1.29, 1.82) is 0 Å². The van der Waals surface area contributed by atoms with Gasteiger partial charge in [0.25, 0.3) is 5.91 Å². The van der Waals surface area contributed by atoms with Crippen LogP contribution in [0, 0.1) is 17.0 Å². The lowest BCUT2D eigenvalue weighted by molar-refractivity contribution is 0.0926. The summed E-state index contributed by atoms with van der Waals surface area (Å²) in [6.07, 6.45) is 1.88. The van der Waals surface area contributed by atoms with Gasteiger partial charge in [0, 0.05) is 16.3 Å². The van der Waals surface area contributed by atoms with Gasteiger partial charge in [-0.05, 0) is 30.4 Å². The first-order valence-corrected chi connectivity index (χ1v) is 8.17. The molecular formula is C14H17Br2F2NO. The third kappa shape index (κ3) is 5.13. The van der Waals surface area contributed by atoms with Crippen LogP contribution in [0.3, 0.4) is 0 Å². The molecule has 6 heteroatoms. The Morgan fingerprint density at radius 3 is 2.35 bits per heavy atom. The van der Waals surface area contributed by atoms with Crippen molar-refractivity contribution in [1.82, 2.24) is 5.32 Å². The van der Waals surface area contributed by atoms with Crippen LogP contribution < -0.4 is 5.32 Å². The monoisotopic (exact) mass is 411 g/mol. The van der Waals surface area contributed by atoms with Crippen molar-refractivity contribution in [3.63, 3.8) is 0 Å². The Hall–Kier alpha value is -0.490. The molecule has 1 rings (SSSR count). The second-order valence-electron chi connectivity index (χ2n) is 5.38. The van der Waals surface area contributed by atoms with Crippen LogP contribution >= 0.6 is 31.9 Å². The van der Waals surface area contributed by atoms with Crippen molar-refractivity contribution >= 4 is 37.8 Å². The van der Waals surface area contributed by atoms with Crippen molar-refractivity contribution in [3.8, 4) is 0 Å². The van der Waals surface area contributed by atoms with Crippen LogP contribution in [0.25, 0.3) is 0 Å². The van der Waals surface area contributed by atoms with E-state index in [0.717, 1.165) is 30.3 Å². The van der Waals surface area contributed by atoms with Gasteiger partial charge < -0.3 is 5.32 Å². The molecular weight excluding hydrogens is 396 g/mol. The lowest BCUT2D eigenvalue weighted by Crippen LogP contribution is -2.35. The summed E-state index contributed by atoms with van der Waals surface area (Å²) in [4.78, 5) is 11.9. The first-order chi connectivity index (χ1) is 9.26. The lowest BCUT2D eigenvalue weighted by Gasteiger charge is -2.24. The average molecular weight is 413 g/mol. The standard InChI is InChI=1S/C14H17Br2F2NO/c1-14(2,4-3-5-15)8-19-13(20)12-10(17)6-9(16)7-11(12)18/h6-7H,3-5,8H2,1-2H3,(H,19,20). The van der Waals surface area contributed by atoms with Crippen LogP contribution in [-0.4, -0.2) is 17.8 Å². The largest absolute Gasteiger partial charge is 0.351 e. The molecule has 0 aromatic heterocycles. The van der Waals surface area contributed by atoms with E-state index in [1.165, 1.54) is 0 Å². The van der Waals surface area contributed by atoms with Crippen LogP contribution in [0.15, 0.2) is 16.6 Å². The summed E-state index contributed by atoms with van der Waals surface area (Å²) >= 11 is 6.33. The van der Waals surface area contributed by atoms with Crippen LogP contribution in [0.5, 0.6) is 0 Å². The molecule has 0 heterocycles. The van der Waals surface area contributed by atoms with Crippen LogP contribution in [0.2, 0.25) is 0 Å². The molecule has 1 N–H and O–H groups in total. The van der Waals surface area contributed by atoms with E-state index in [1.807, 2.05) is 13.8 Å². The fraction of sp³-hybridized carbons (Fsp3) is 0.500. The van der Waals surface area contributed by atoms with Gasteiger partial charge in [0.2, 0.25) is 0 Å². The van der Waals surface area contributed by atoms with Crippen LogP contribution in [0.1, 0.15) is 37.0 Å². The first-order valence-electron chi connectivity index (χ1n) is 6.25. The van der Waals surface area contributed by atoms with Gasteiger partial charge in [-0.2, -0.15) is 0 Å². The number of halogens is 4. The third-order valence-electron chi connectivity index (χ3n) is 2.95. The number of rotatable bonds is 6. The summed E-state index contributed by atoms with van der Waals surface area (Å²) in [7, 11) is 0. The second kappa shape index (κ2) is 7.50. The molecule has 112 valence electrons. The number of carbonyl (C=O) groups excluding carboxylic acids is 1. The number of benzene rings is 1. The van der Waals surface area contributed by atoms with Crippen LogP contribution in [-0.2, 0) is 0 Å². The molecule has 2 nitrogen and oxygen atoms in total. The highest BCUT2D eigenvalue weighted by molar-refractivity contribution is 9.10.